The van der Waals surface area contributed by atoms with Gasteiger partial charge in [-0.3, -0.25) is 5.32 Å². The number of hydrogen-bond acceptors (Lipinski definition) is 2. The number of nitrogens with one attached hydrogen (secondary N) is 1. The van der Waals surface area contributed by atoms with Crippen LogP contribution in [0.5, 0.6) is 0 Å². The number of benzene rings is 1. The molecule has 0 unspecified atom stereocenters. The minimum atomic E-state index is -1.63. The molecule has 0 aromatic heterocycles. The van der Waals surface area contributed by atoms with E-state index < -0.39 is 6.16 Å². The fourth-order valence-corrected chi connectivity index (χ4v) is 0.780. The largest absolute Gasteiger partial charge is 0.401 e. The van der Waals surface area contributed by atoms with E-state index in [1.165, 1.54) is 12.1 Å². The molecule has 1 rings (SSSR count). The molecule has 3 nitrogen and oxygen atoms in total. The maximum Gasteiger partial charge on any atom is 0.401 e. The molecular formula is C8H5FN2O. The van der Waals surface area contributed by atoms with Gasteiger partial charge < -0.3 is 0 Å². The van der Waals surface area contributed by atoms with Gasteiger partial charge in [-0.05, 0) is 18.2 Å². The smallest absolute Gasteiger partial charge is 0.298 e. The van der Waals surface area contributed by atoms with E-state index in [2.05, 4.69) is 0 Å². The van der Waals surface area contributed by atoms with E-state index in [-0.39, 0.29) is 5.69 Å². The molecule has 0 spiro atoms. The lowest BCUT2D eigenvalue weighted by atomic mass is 10.2. The van der Waals surface area contributed by atoms with Crippen LogP contribution in [0.4, 0.5) is 14.9 Å². The van der Waals surface area contributed by atoms with Crippen LogP contribution < -0.4 is 5.32 Å². The Labute approximate surface area is 68.4 Å². The molecule has 0 aliphatic carbocycles. The minimum absolute atomic E-state index is 0.279. The first-order chi connectivity index (χ1) is 5.72. The van der Waals surface area contributed by atoms with Crippen molar-refractivity contribution in [1.82, 2.24) is 0 Å². The average Bonchev–Trinajstić information content (AvgIpc) is 2.03. The van der Waals surface area contributed by atoms with Crippen molar-refractivity contribution in [2.45, 2.75) is 0 Å². The Balaban J connectivity index is 2.88. The number of hydrogen-bond donors (Lipinski definition) is 1. The Morgan fingerprint density at radius 1 is 1.58 bits per heavy atom. The molecule has 1 aromatic carbocycles. The lowest BCUT2D eigenvalue weighted by Crippen LogP contribution is -2.01. The first-order valence-electron chi connectivity index (χ1n) is 3.19. The van der Waals surface area contributed by atoms with Crippen LogP contribution in [-0.2, 0) is 0 Å². The molecule has 4 heteroatoms. The lowest BCUT2D eigenvalue weighted by Gasteiger charge is -1.97. The van der Waals surface area contributed by atoms with Crippen molar-refractivity contribution in [3.63, 3.8) is 0 Å². The summed E-state index contributed by atoms with van der Waals surface area (Å²) < 4.78 is 11.8. The van der Waals surface area contributed by atoms with E-state index in [1.54, 1.807) is 12.1 Å². The molecule has 1 amide bonds. The second-order valence-electron chi connectivity index (χ2n) is 2.09. The van der Waals surface area contributed by atoms with E-state index in [4.69, 9.17) is 5.26 Å². The van der Waals surface area contributed by atoms with E-state index in [1.807, 2.05) is 11.4 Å². The number of carbonyl (C=O) groups excluding carboxylic acids is 1. The summed E-state index contributed by atoms with van der Waals surface area (Å²) in [5, 5.41) is 10.4. The van der Waals surface area contributed by atoms with Crippen molar-refractivity contribution in [3.05, 3.63) is 29.8 Å². The summed E-state index contributed by atoms with van der Waals surface area (Å²) in [6, 6.07) is 7.87. The molecule has 60 valence electrons. The van der Waals surface area contributed by atoms with Crippen molar-refractivity contribution in [2.24, 2.45) is 0 Å². The zero-order chi connectivity index (χ0) is 8.97. The van der Waals surface area contributed by atoms with Crippen molar-refractivity contribution in [1.29, 1.82) is 5.26 Å². The highest BCUT2D eigenvalue weighted by Crippen LogP contribution is 2.09. The first kappa shape index (κ1) is 8.21. The summed E-state index contributed by atoms with van der Waals surface area (Å²) in [4.78, 5) is 9.95. The zero-order valence-electron chi connectivity index (χ0n) is 6.04. The van der Waals surface area contributed by atoms with Gasteiger partial charge in [0, 0.05) is 5.69 Å². The van der Waals surface area contributed by atoms with Crippen LogP contribution in [-0.4, -0.2) is 6.16 Å². The quantitative estimate of drug-likeness (QED) is 0.510. The third-order valence-electron chi connectivity index (χ3n) is 1.23. The molecule has 0 aliphatic rings. The summed E-state index contributed by atoms with van der Waals surface area (Å²) in [6.45, 7) is 0. The summed E-state index contributed by atoms with van der Waals surface area (Å²) in [5.41, 5.74) is 0.655. The average molecular weight is 164 g/mol. The molecule has 12 heavy (non-hydrogen) atoms. The number of nitrogens with zero attached hydrogens (tertiary/aromatic N) is 1. The molecule has 1 aromatic rings. The topological polar surface area (TPSA) is 52.9 Å². The van der Waals surface area contributed by atoms with Gasteiger partial charge in [0.05, 0.1) is 11.6 Å². The van der Waals surface area contributed by atoms with Gasteiger partial charge in [0.25, 0.3) is 0 Å². The van der Waals surface area contributed by atoms with Crippen LogP contribution in [0.15, 0.2) is 24.3 Å². The van der Waals surface area contributed by atoms with Gasteiger partial charge in [0.1, 0.15) is 0 Å². The normalized spacial score (nSPS) is 8.67. The van der Waals surface area contributed by atoms with E-state index in [9.17, 15) is 9.18 Å². The van der Waals surface area contributed by atoms with E-state index in [0.29, 0.717) is 5.56 Å². The van der Waals surface area contributed by atoms with Crippen LogP contribution >= 0.6 is 0 Å². The number of rotatable bonds is 1. The standard InChI is InChI=1S/C8H5FN2O/c9-8(12)11-7-3-1-2-6(4-7)5-10/h1-4H,(H,11,12). The zero-order valence-corrected chi connectivity index (χ0v) is 6.04. The highest BCUT2D eigenvalue weighted by atomic mass is 19.1. The SMILES string of the molecule is N#Cc1cccc(NC(=O)F)c1. The first-order valence-corrected chi connectivity index (χ1v) is 3.19. The molecular weight excluding hydrogens is 159 g/mol. The van der Waals surface area contributed by atoms with Crippen molar-refractivity contribution < 1.29 is 9.18 Å². The second kappa shape index (κ2) is 3.49. The summed E-state index contributed by atoms with van der Waals surface area (Å²) in [7, 11) is 0. The van der Waals surface area contributed by atoms with E-state index >= 15 is 0 Å². The van der Waals surface area contributed by atoms with Crippen LogP contribution in [0.2, 0.25) is 0 Å². The number of anilines is 1. The Kier molecular flexibility index (Phi) is 2.38. The molecule has 0 radical (unpaired) electrons. The Morgan fingerprint density at radius 3 is 2.92 bits per heavy atom. The van der Waals surface area contributed by atoms with Gasteiger partial charge in [-0.25, -0.2) is 4.79 Å². The summed E-state index contributed by atoms with van der Waals surface area (Å²) in [6.07, 6.45) is -1.63. The Bertz CT molecular complexity index is 343. The number of nitriles is 1. The van der Waals surface area contributed by atoms with Crippen molar-refractivity contribution >= 4 is 11.8 Å². The number of amides is 1. The Morgan fingerprint density at radius 2 is 2.33 bits per heavy atom. The maximum atomic E-state index is 11.8. The molecule has 1 N–H and O–H groups in total. The summed E-state index contributed by atoms with van der Waals surface area (Å²) >= 11 is 0. The molecule has 0 saturated heterocycles. The monoisotopic (exact) mass is 164 g/mol. The van der Waals surface area contributed by atoms with Crippen LogP contribution in [0.25, 0.3) is 0 Å². The van der Waals surface area contributed by atoms with Crippen molar-refractivity contribution in [2.75, 3.05) is 5.32 Å². The fraction of sp³-hybridized carbons (Fsp3) is 0. The van der Waals surface area contributed by atoms with Gasteiger partial charge in [0.15, 0.2) is 0 Å². The van der Waals surface area contributed by atoms with E-state index in [0.717, 1.165) is 0 Å². The predicted octanol–water partition coefficient (Wildman–Crippen LogP) is 2.06. The van der Waals surface area contributed by atoms with Gasteiger partial charge in [-0.15, -0.1) is 4.39 Å². The van der Waals surface area contributed by atoms with Gasteiger partial charge in [-0.2, -0.15) is 5.26 Å². The highest BCUT2D eigenvalue weighted by Gasteiger charge is 1.98. The van der Waals surface area contributed by atoms with Gasteiger partial charge in [0.2, 0.25) is 0 Å². The Hall–Kier alpha value is -1.89. The summed E-state index contributed by atoms with van der Waals surface area (Å²) in [5.74, 6) is 0. The van der Waals surface area contributed by atoms with Crippen LogP contribution in [0, 0.1) is 11.3 Å². The van der Waals surface area contributed by atoms with Gasteiger partial charge in [-0.1, -0.05) is 6.07 Å². The van der Waals surface area contributed by atoms with Crippen LogP contribution in [0.1, 0.15) is 5.56 Å². The fourth-order valence-electron chi connectivity index (χ4n) is 0.780. The molecule has 0 aliphatic heterocycles. The van der Waals surface area contributed by atoms with Crippen molar-refractivity contribution in [3.8, 4) is 6.07 Å². The van der Waals surface area contributed by atoms with Gasteiger partial charge >= 0.3 is 6.16 Å². The number of halogens is 1. The predicted molar refractivity (Wildman–Crippen MR) is 41.3 cm³/mol. The maximum absolute atomic E-state index is 11.8. The third kappa shape index (κ3) is 2.06. The molecule has 0 heterocycles. The minimum Gasteiger partial charge on any atom is -0.298 e. The molecule has 0 saturated carbocycles. The molecule has 0 bridgehead atoms. The lowest BCUT2D eigenvalue weighted by molar-refractivity contribution is 0.235. The van der Waals surface area contributed by atoms with Crippen LogP contribution in [0.3, 0.4) is 0 Å². The molecule has 0 fully saturated rings. The highest BCUT2D eigenvalue weighted by molar-refractivity contribution is 5.83. The third-order valence-corrected chi connectivity index (χ3v) is 1.23. The number of carbonyl (C=O) groups is 1. The molecule has 0 atom stereocenters. The second-order valence-corrected chi connectivity index (χ2v) is 2.09.